The largest absolute Gasteiger partial charge is 0.393 e. The minimum atomic E-state index is -0.387. The van der Waals surface area contributed by atoms with Crippen LogP contribution in [0.4, 0.5) is 0 Å². The van der Waals surface area contributed by atoms with Gasteiger partial charge in [0.2, 0.25) is 0 Å². The summed E-state index contributed by atoms with van der Waals surface area (Å²) < 4.78 is 4.58. The monoisotopic (exact) mass is 230 g/mol. The second-order valence-corrected chi connectivity index (χ2v) is 4.79. The highest BCUT2D eigenvalue weighted by Crippen LogP contribution is 2.35. The standard InChI is InChI=1S/C14H14O3/c15-13-7-10(8-14(16)17-13)12-6-2-4-9-3-1-5-11(9)12/h2,4,6,10H,1,3,5,7-8H2. The summed E-state index contributed by atoms with van der Waals surface area (Å²) >= 11 is 0. The van der Waals surface area contributed by atoms with E-state index in [2.05, 4.69) is 16.9 Å². The molecule has 1 fully saturated rings. The average Bonchev–Trinajstić information content (AvgIpc) is 2.75. The molecular weight excluding hydrogens is 216 g/mol. The maximum atomic E-state index is 11.3. The van der Waals surface area contributed by atoms with E-state index >= 15 is 0 Å². The lowest BCUT2D eigenvalue weighted by Gasteiger charge is -2.22. The SMILES string of the molecule is O=C1CC(c2cccc3c2CCC3)CC(=O)O1. The van der Waals surface area contributed by atoms with Crippen LogP contribution in [0.3, 0.4) is 0 Å². The van der Waals surface area contributed by atoms with Crippen molar-refractivity contribution in [3.63, 3.8) is 0 Å². The Morgan fingerprint density at radius 2 is 1.82 bits per heavy atom. The van der Waals surface area contributed by atoms with E-state index in [-0.39, 0.29) is 17.9 Å². The zero-order valence-electron chi connectivity index (χ0n) is 9.57. The quantitative estimate of drug-likeness (QED) is 0.548. The summed E-state index contributed by atoms with van der Waals surface area (Å²) in [5.41, 5.74) is 3.93. The molecule has 0 aromatic heterocycles. The molecule has 0 radical (unpaired) electrons. The number of carbonyl (C=O) groups is 2. The molecule has 1 aromatic rings. The summed E-state index contributed by atoms with van der Waals surface area (Å²) in [6.45, 7) is 0. The van der Waals surface area contributed by atoms with Gasteiger partial charge in [-0.1, -0.05) is 18.2 Å². The highest BCUT2D eigenvalue weighted by molar-refractivity contribution is 5.89. The predicted molar refractivity (Wildman–Crippen MR) is 61.5 cm³/mol. The predicted octanol–water partition coefficient (Wildman–Crippen LogP) is 2.12. The molecule has 1 aliphatic carbocycles. The van der Waals surface area contributed by atoms with E-state index in [1.807, 2.05) is 6.07 Å². The Morgan fingerprint density at radius 3 is 2.59 bits per heavy atom. The zero-order valence-corrected chi connectivity index (χ0v) is 9.57. The lowest BCUT2D eigenvalue weighted by Crippen LogP contribution is -2.24. The molecule has 3 nitrogen and oxygen atoms in total. The van der Waals surface area contributed by atoms with Crippen LogP contribution in [0.5, 0.6) is 0 Å². The van der Waals surface area contributed by atoms with Gasteiger partial charge >= 0.3 is 11.9 Å². The molecule has 1 heterocycles. The number of esters is 2. The number of fused-ring (bicyclic) bond motifs is 1. The van der Waals surface area contributed by atoms with Crippen molar-refractivity contribution in [2.45, 2.75) is 38.0 Å². The smallest absolute Gasteiger partial charge is 0.314 e. The molecule has 0 N–H and O–H groups in total. The lowest BCUT2D eigenvalue weighted by atomic mass is 9.86. The summed E-state index contributed by atoms with van der Waals surface area (Å²) in [5, 5.41) is 0. The van der Waals surface area contributed by atoms with Gasteiger partial charge in [0.15, 0.2) is 0 Å². The number of benzene rings is 1. The molecule has 3 heteroatoms. The maximum Gasteiger partial charge on any atom is 0.314 e. The van der Waals surface area contributed by atoms with Crippen molar-refractivity contribution in [1.82, 2.24) is 0 Å². The van der Waals surface area contributed by atoms with Gasteiger partial charge in [-0.05, 0) is 36.0 Å². The van der Waals surface area contributed by atoms with Crippen LogP contribution in [-0.2, 0) is 27.2 Å². The number of cyclic esters (lactones) is 2. The Balaban J connectivity index is 1.96. The van der Waals surface area contributed by atoms with Gasteiger partial charge in [0, 0.05) is 5.92 Å². The molecule has 0 spiro atoms. The van der Waals surface area contributed by atoms with Crippen LogP contribution < -0.4 is 0 Å². The molecule has 0 unspecified atom stereocenters. The van der Waals surface area contributed by atoms with Crippen molar-refractivity contribution in [1.29, 1.82) is 0 Å². The third-order valence-corrected chi connectivity index (χ3v) is 3.68. The zero-order chi connectivity index (χ0) is 11.8. The normalized spacial score (nSPS) is 20.2. The van der Waals surface area contributed by atoms with E-state index in [1.54, 1.807) is 0 Å². The third-order valence-electron chi connectivity index (χ3n) is 3.68. The fourth-order valence-electron chi connectivity index (χ4n) is 2.94. The van der Waals surface area contributed by atoms with Crippen LogP contribution in [0.1, 0.15) is 41.9 Å². The van der Waals surface area contributed by atoms with Crippen molar-refractivity contribution in [3.8, 4) is 0 Å². The van der Waals surface area contributed by atoms with Crippen LogP contribution in [0.15, 0.2) is 18.2 Å². The van der Waals surface area contributed by atoms with Gasteiger partial charge in [-0.25, -0.2) is 0 Å². The molecule has 17 heavy (non-hydrogen) atoms. The van der Waals surface area contributed by atoms with Crippen molar-refractivity contribution in [2.24, 2.45) is 0 Å². The van der Waals surface area contributed by atoms with Crippen molar-refractivity contribution < 1.29 is 14.3 Å². The Hall–Kier alpha value is -1.64. The number of hydrogen-bond acceptors (Lipinski definition) is 3. The number of rotatable bonds is 1. The van der Waals surface area contributed by atoms with Gasteiger partial charge in [0.05, 0.1) is 12.8 Å². The molecular formula is C14H14O3. The van der Waals surface area contributed by atoms with Gasteiger partial charge < -0.3 is 4.74 Å². The van der Waals surface area contributed by atoms with E-state index in [0.29, 0.717) is 12.8 Å². The minimum Gasteiger partial charge on any atom is -0.393 e. The van der Waals surface area contributed by atoms with Crippen LogP contribution in [0.2, 0.25) is 0 Å². The summed E-state index contributed by atoms with van der Waals surface area (Å²) in [5.74, 6) is -0.750. The number of carbonyl (C=O) groups excluding carboxylic acids is 2. The van der Waals surface area contributed by atoms with E-state index in [4.69, 9.17) is 0 Å². The molecule has 1 saturated heterocycles. The first-order valence-electron chi connectivity index (χ1n) is 6.08. The minimum absolute atomic E-state index is 0.0248. The maximum absolute atomic E-state index is 11.3. The van der Waals surface area contributed by atoms with Crippen LogP contribution in [-0.4, -0.2) is 11.9 Å². The van der Waals surface area contributed by atoms with Gasteiger partial charge in [0.25, 0.3) is 0 Å². The Bertz CT molecular complexity index is 474. The third kappa shape index (κ3) is 1.86. The molecule has 0 saturated carbocycles. The number of ether oxygens (including phenoxy) is 1. The topological polar surface area (TPSA) is 43.4 Å². The van der Waals surface area contributed by atoms with Gasteiger partial charge in [0.1, 0.15) is 0 Å². The fourth-order valence-corrected chi connectivity index (χ4v) is 2.94. The van der Waals surface area contributed by atoms with E-state index in [0.717, 1.165) is 12.8 Å². The Morgan fingerprint density at radius 1 is 1.06 bits per heavy atom. The van der Waals surface area contributed by atoms with E-state index in [1.165, 1.54) is 23.1 Å². The Kier molecular flexibility index (Phi) is 2.46. The molecule has 2 aliphatic rings. The number of hydrogen-bond donors (Lipinski definition) is 0. The molecule has 88 valence electrons. The summed E-state index contributed by atoms with van der Waals surface area (Å²) in [7, 11) is 0. The van der Waals surface area contributed by atoms with Crippen molar-refractivity contribution in [2.75, 3.05) is 0 Å². The van der Waals surface area contributed by atoms with Crippen LogP contribution in [0, 0.1) is 0 Å². The van der Waals surface area contributed by atoms with E-state index in [9.17, 15) is 9.59 Å². The second kappa shape index (κ2) is 3.99. The second-order valence-electron chi connectivity index (χ2n) is 4.79. The molecule has 0 bridgehead atoms. The molecule has 0 atom stereocenters. The van der Waals surface area contributed by atoms with E-state index < -0.39 is 0 Å². The van der Waals surface area contributed by atoms with Crippen LogP contribution in [0.25, 0.3) is 0 Å². The van der Waals surface area contributed by atoms with Gasteiger partial charge in [-0.3, -0.25) is 9.59 Å². The summed E-state index contributed by atoms with van der Waals surface area (Å²) in [6.07, 6.45) is 4.04. The fraction of sp³-hybridized carbons (Fsp3) is 0.429. The molecule has 3 rings (SSSR count). The van der Waals surface area contributed by atoms with Crippen molar-refractivity contribution >= 4 is 11.9 Å². The summed E-state index contributed by atoms with van der Waals surface area (Å²) in [6, 6.07) is 6.24. The van der Waals surface area contributed by atoms with Crippen LogP contribution >= 0.6 is 0 Å². The number of aryl methyl sites for hydroxylation is 1. The van der Waals surface area contributed by atoms with Gasteiger partial charge in [-0.15, -0.1) is 0 Å². The average molecular weight is 230 g/mol. The first kappa shape index (κ1) is 10.5. The highest BCUT2D eigenvalue weighted by Gasteiger charge is 2.30. The molecule has 1 aliphatic heterocycles. The first-order chi connectivity index (χ1) is 8.24. The summed E-state index contributed by atoms with van der Waals surface area (Å²) in [4.78, 5) is 22.6. The molecule has 1 aromatic carbocycles. The molecule has 0 amide bonds. The Labute approximate surface area is 99.8 Å². The highest BCUT2D eigenvalue weighted by atomic mass is 16.6. The first-order valence-corrected chi connectivity index (χ1v) is 6.08. The lowest BCUT2D eigenvalue weighted by molar-refractivity contribution is -0.163. The van der Waals surface area contributed by atoms with Crippen molar-refractivity contribution in [3.05, 3.63) is 34.9 Å². The van der Waals surface area contributed by atoms with Gasteiger partial charge in [-0.2, -0.15) is 0 Å².